The van der Waals surface area contributed by atoms with Crippen molar-refractivity contribution in [1.82, 2.24) is 0 Å². The number of anilines is 1. The first kappa shape index (κ1) is 17.1. The molecule has 1 N–H and O–H groups in total. The predicted octanol–water partition coefficient (Wildman–Crippen LogP) is 7.78. The second-order valence-electron chi connectivity index (χ2n) is 8.34. The summed E-state index contributed by atoms with van der Waals surface area (Å²) in [6, 6.07) is 24.4. The van der Waals surface area contributed by atoms with Gasteiger partial charge in [-0.3, -0.25) is 0 Å². The van der Waals surface area contributed by atoms with Gasteiger partial charge >= 0.3 is 0 Å². The van der Waals surface area contributed by atoms with Crippen LogP contribution in [-0.2, 0) is 0 Å². The third-order valence-electron chi connectivity index (χ3n) is 6.86. The number of rotatable bonds is 1. The molecule has 2 aliphatic rings. The molecule has 29 heavy (non-hydrogen) atoms. The minimum atomic E-state index is 0.246. The van der Waals surface area contributed by atoms with E-state index in [0.29, 0.717) is 11.8 Å². The second-order valence-corrected chi connectivity index (χ2v) is 8.75. The third-order valence-corrected chi connectivity index (χ3v) is 7.26. The second kappa shape index (κ2) is 6.37. The summed E-state index contributed by atoms with van der Waals surface area (Å²) in [5.41, 5.74) is 5.17. The molecule has 3 atom stereocenters. The first-order chi connectivity index (χ1) is 14.2. The lowest BCUT2D eigenvalue weighted by Gasteiger charge is -2.39. The summed E-state index contributed by atoms with van der Waals surface area (Å²) in [5, 5.41) is 10.1. The maximum absolute atomic E-state index is 6.51. The molecule has 1 nitrogen and oxygen atoms in total. The van der Waals surface area contributed by atoms with E-state index >= 15 is 0 Å². The van der Waals surface area contributed by atoms with Crippen LogP contribution in [-0.4, -0.2) is 0 Å². The molecule has 0 amide bonds. The highest BCUT2D eigenvalue weighted by molar-refractivity contribution is 6.31. The summed E-state index contributed by atoms with van der Waals surface area (Å²) in [4.78, 5) is 0. The van der Waals surface area contributed by atoms with Gasteiger partial charge in [0.05, 0.1) is 6.04 Å². The van der Waals surface area contributed by atoms with Crippen molar-refractivity contribution in [3.8, 4) is 0 Å². The SMILES string of the molecule is Cc1c(Cl)ccc2c1NC(c1c3ccccc3cc3ccccc13)C1CC=CC21. The Morgan fingerprint density at radius 1 is 0.897 bits per heavy atom. The van der Waals surface area contributed by atoms with E-state index in [1.54, 1.807) is 0 Å². The van der Waals surface area contributed by atoms with Gasteiger partial charge in [0.2, 0.25) is 0 Å². The Morgan fingerprint density at radius 2 is 1.59 bits per heavy atom. The average Bonchev–Trinajstić information content (AvgIpc) is 3.24. The van der Waals surface area contributed by atoms with Gasteiger partial charge in [0.25, 0.3) is 0 Å². The van der Waals surface area contributed by atoms with Crippen molar-refractivity contribution in [2.24, 2.45) is 5.92 Å². The van der Waals surface area contributed by atoms with E-state index in [2.05, 4.69) is 85.1 Å². The van der Waals surface area contributed by atoms with Gasteiger partial charge in [0.1, 0.15) is 0 Å². The molecule has 0 aromatic heterocycles. The van der Waals surface area contributed by atoms with E-state index in [4.69, 9.17) is 11.6 Å². The van der Waals surface area contributed by atoms with Crippen LogP contribution in [0.4, 0.5) is 5.69 Å². The van der Waals surface area contributed by atoms with Gasteiger partial charge in [-0.1, -0.05) is 78.4 Å². The molecule has 0 saturated heterocycles. The highest BCUT2D eigenvalue weighted by Crippen LogP contribution is 2.53. The van der Waals surface area contributed by atoms with Crippen molar-refractivity contribution < 1.29 is 0 Å². The number of benzene rings is 4. The summed E-state index contributed by atoms with van der Waals surface area (Å²) in [6.45, 7) is 2.13. The number of fused-ring (bicyclic) bond motifs is 5. The Labute approximate surface area is 176 Å². The molecule has 3 unspecified atom stereocenters. The van der Waals surface area contributed by atoms with Crippen LogP contribution in [0.5, 0.6) is 0 Å². The van der Waals surface area contributed by atoms with Crippen LogP contribution in [0.1, 0.15) is 35.1 Å². The molecule has 0 radical (unpaired) electrons. The van der Waals surface area contributed by atoms with Gasteiger partial charge in [0, 0.05) is 16.6 Å². The minimum absolute atomic E-state index is 0.246. The van der Waals surface area contributed by atoms with E-state index in [0.717, 1.165) is 17.0 Å². The first-order valence-electron chi connectivity index (χ1n) is 10.3. The maximum Gasteiger partial charge on any atom is 0.0566 e. The average molecular weight is 396 g/mol. The molecular weight excluding hydrogens is 374 g/mol. The van der Waals surface area contributed by atoms with E-state index in [-0.39, 0.29) is 6.04 Å². The summed E-state index contributed by atoms with van der Waals surface area (Å²) >= 11 is 6.51. The molecule has 0 saturated carbocycles. The first-order valence-corrected chi connectivity index (χ1v) is 10.7. The lowest BCUT2D eigenvalue weighted by molar-refractivity contribution is 0.429. The maximum atomic E-state index is 6.51. The topological polar surface area (TPSA) is 12.0 Å². The summed E-state index contributed by atoms with van der Waals surface area (Å²) in [5.74, 6) is 0.947. The fourth-order valence-corrected chi connectivity index (χ4v) is 5.62. The van der Waals surface area contributed by atoms with E-state index in [9.17, 15) is 0 Å². The van der Waals surface area contributed by atoms with Gasteiger partial charge < -0.3 is 5.32 Å². The van der Waals surface area contributed by atoms with Crippen molar-refractivity contribution in [1.29, 1.82) is 0 Å². The molecule has 142 valence electrons. The van der Waals surface area contributed by atoms with Crippen LogP contribution in [0.15, 0.2) is 78.9 Å². The van der Waals surface area contributed by atoms with Crippen molar-refractivity contribution in [3.05, 3.63) is 101 Å². The summed E-state index contributed by atoms with van der Waals surface area (Å²) in [6.07, 6.45) is 5.86. The van der Waals surface area contributed by atoms with Crippen molar-refractivity contribution in [2.45, 2.75) is 25.3 Å². The molecule has 0 spiro atoms. The smallest absolute Gasteiger partial charge is 0.0566 e. The van der Waals surface area contributed by atoms with E-state index in [1.165, 1.54) is 38.4 Å². The number of halogens is 1. The molecule has 0 fully saturated rings. The lowest BCUT2D eigenvalue weighted by Crippen LogP contribution is -2.30. The van der Waals surface area contributed by atoms with E-state index in [1.807, 2.05) is 6.07 Å². The zero-order valence-electron chi connectivity index (χ0n) is 16.3. The molecular formula is C27H22ClN. The van der Waals surface area contributed by atoms with Crippen LogP contribution in [0.3, 0.4) is 0 Å². The zero-order chi connectivity index (χ0) is 19.5. The highest BCUT2D eigenvalue weighted by atomic mass is 35.5. The number of nitrogens with one attached hydrogen (secondary N) is 1. The summed E-state index contributed by atoms with van der Waals surface area (Å²) in [7, 11) is 0. The van der Waals surface area contributed by atoms with Crippen LogP contribution in [0.2, 0.25) is 5.02 Å². The van der Waals surface area contributed by atoms with Gasteiger partial charge in [-0.05, 0) is 69.6 Å². The fraction of sp³-hybridized carbons (Fsp3) is 0.185. The molecule has 4 aromatic rings. The minimum Gasteiger partial charge on any atom is -0.377 e. The predicted molar refractivity (Wildman–Crippen MR) is 124 cm³/mol. The fourth-order valence-electron chi connectivity index (χ4n) is 5.46. The Balaban J connectivity index is 1.66. The molecule has 2 heteroatoms. The van der Waals surface area contributed by atoms with Gasteiger partial charge in [-0.25, -0.2) is 0 Å². The molecule has 6 rings (SSSR count). The largest absolute Gasteiger partial charge is 0.377 e. The Kier molecular flexibility index (Phi) is 3.76. The third kappa shape index (κ3) is 2.47. The van der Waals surface area contributed by atoms with Crippen molar-refractivity contribution in [2.75, 3.05) is 5.32 Å². The number of hydrogen-bond acceptors (Lipinski definition) is 1. The number of hydrogen-bond donors (Lipinski definition) is 1. The van der Waals surface area contributed by atoms with Crippen molar-refractivity contribution >= 4 is 38.8 Å². The molecule has 1 aliphatic heterocycles. The van der Waals surface area contributed by atoms with Gasteiger partial charge in [-0.15, -0.1) is 0 Å². The van der Waals surface area contributed by atoms with Crippen LogP contribution < -0.4 is 5.32 Å². The molecule has 4 aromatic carbocycles. The Hall–Kier alpha value is -2.77. The van der Waals surface area contributed by atoms with Crippen LogP contribution >= 0.6 is 11.6 Å². The van der Waals surface area contributed by atoms with Gasteiger partial charge in [0.15, 0.2) is 0 Å². The Morgan fingerprint density at radius 3 is 2.31 bits per heavy atom. The standard InChI is InChI=1S/C27H22ClN/c1-16-24(28)14-13-23-21-11-6-12-22(21)27(29-26(16)23)25-19-9-4-2-7-17(19)15-18-8-3-5-10-20(18)25/h2-11,13-15,21-22,27,29H,12H2,1H3. The normalized spacial score (nSPS) is 22.5. The quantitative estimate of drug-likeness (QED) is 0.256. The Bertz CT molecular complexity index is 1250. The highest BCUT2D eigenvalue weighted by Gasteiger charge is 2.39. The van der Waals surface area contributed by atoms with Gasteiger partial charge in [-0.2, -0.15) is 0 Å². The van der Waals surface area contributed by atoms with Crippen molar-refractivity contribution in [3.63, 3.8) is 0 Å². The molecule has 1 heterocycles. The van der Waals surface area contributed by atoms with Crippen LogP contribution in [0.25, 0.3) is 21.5 Å². The summed E-state index contributed by atoms with van der Waals surface area (Å²) < 4.78 is 0. The van der Waals surface area contributed by atoms with Crippen LogP contribution in [0, 0.1) is 12.8 Å². The monoisotopic (exact) mass is 395 g/mol. The zero-order valence-corrected chi connectivity index (χ0v) is 17.1. The van der Waals surface area contributed by atoms with E-state index < -0.39 is 0 Å². The molecule has 0 bridgehead atoms. The lowest BCUT2D eigenvalue weighted by atomic mass is 9.74. The molecule has 1 aliphatic carbocycles. The number of allylic oxidation sites excluding steroid dienone is 2.